The topological polar surface area (TPSA) is 42.0 Å². The monoisotopic (exact) mass is 372 g/mol. The Morgan fingerprint density at radius 2 is 1.85 bits per heavy atom. The zero-order valence-corrected chi connectivity index (χ0v) is 16.7. The Morgan fingerprint density at radius 1 is 1.11 bits per heavy atom. The fraction of sp³-hybridized carbons (Fsp3) is 0.682. The molecule has 1 amide bonds. The average Bonchev–Trinajstić information content (AvgIpc) is 3.23. The molecular weight excluding hydrogens is 340 g/mol. The maximum Gasteiger partial charge on any atom is 0.236 e. The minimum absolute atomic E-state index is 0.0676. The van der Waals surface area contributed by atoms with Crippen molar-refractivity contribution >= 4 is 5.91 Å². The molecular formula is C22H32N2O3. The van der Waals surface area contributed by atoms with Crippen LogP contribution in [0.25, 0.3) is 0 Å². The van der Waals surface area contributed by atoms with E-state index in [2.05, 4.69) is 43.0 Å². The summed E-state index contributed by atoms with van der Waals surface area (Å²) in [6.07, 6.45) is 4.91. The molecule has 3 saturated heterocycles. The third-order valence-electron chi connectivity index (χ3n) is 6.59. The highest BCUT2D eigenvalue weighted by molar-refractivity contribution is 5.78. The molecule has 0 bridgehead atoms. The van der Waals surface area contributed by atoms with Crippen molar-refractivity contribution in [2.24, 2.45) is 0 Å². The molecule has 3 aliphatic rings. The van der Waals surface area contributed by atoms with Gasteiger partial charge in [-0.3, -0.25) is 9.69 Å². The number of nitrogens with zero attached hydrogens (tertiary/aromatic N) is 2. The first-order valence-corrected chi connectivity index (χ1v) is 10.3. The first-order valence-electron chi connectivity index (χ1n) is 10.3. The number of carbonyl (C=O) groups excluding carboxylic acids is 1. The first kappa shape index (κ1) is 18.9. The van der Waals surface area contributed by atoms with Crippen LogP contribution < -0.4 is 0 Å². The Kier molecular flexibility index (Phi) is 5.28. The lowest BCUT2D eigenvalue weighted by atomic mass is 9.89. The summed E-state index contributed by atoms with van der Waals surface area (Å²) in [7, 11) is 0. The smallest absolute Gasteiger partial charge is 0.236 e. The van der Waals surface area contributed by atoms with Crippen molar-refractivity contribution in [3.63, 3.8) is 0 Å². The maximum absolute atomic E-state index is 13.0. The molecule has 5 heteroatoms. The van der Waals surface area contributed by atoms with E-state index < -0.39 is 5.79 Å². The van der Waals surface area contributed by atoms with Crippen molar-refractivity contribution in [1.82, 2.24) is 9.80 Å². The molecule has 1 spiro atoms. The normalized spacial score (nSPS) is 28.1. The van der Waals surface area contributed by atoms with Gasteiger partial charge in [0.05, 0.1) is 19.8 Å². The van der Waals surface area contributed by atoms with Crippen LogP contribution in [0.3, 0.4) is 0 Å². The van der Waals surface area contributed by atoms with E-state index in [0.29, 0.717) is 19.8 Å². The van der Waals surface area contributed by atoms with E-state index in [1.807, 2.05) is 4.90 Å². The zero-order valence-electron chi connectivity index (χ0n) is 16.7. The molecule has 1 aromatic rings. The van der Waals surface area contributed by atoms with Gasteiger partial charge in [-0.2, -0.15) is 0 Å². The Labute approximate surface area is 162 Å². The minimum atomic E-state index is -0.413. The molecule has 3 fully saturated rings. The van der Waals surface area contributed by atoms with E-state index >= 15 is 0 Å². The summed E-state index contributed by atoms with van der Waals surface area (Å²) in [4.78, 5) is 17.4. The summed E-state index contributed by atoms with van der Waals surface area (Å²) < 4.78 is 11.6. The van der Waals surface area contributed by atoms with Gasteiger partial charge in [-0.1, -0.05) is 29.8 Å². The molecule has 1 unspecified atom stereocenters. The van der Waals surface area contributed by atoms with Crippen molar-refractivity contribution in [1.29, 1.82) is 0 Å². The predicted octanol–water partition coefficient (Wildman–Crippen LogP) is 2.76. The Balaban J connectivity index is 1.35. The van der Waals surface area contributed by atoms with Crippen LogP contribution in [0.15, 0.2) is 24.3 Å². The van der Waals surface area contributed by atoms with Gasteiger partial charge in [0.1, 0.15) is 0 Å². The van der Waals surface area contributed by atoms with E-state index in [1.165, 1.54) is 17.5 Å². The van der Waals surface area contributed by atoms with Gasteiger partial charge in [0.2, 0.25) is 5.91 Å². The van der Waals surface area contributed by atoms with Crippen molar-refractivity contribution in [2.75, 3.05) is 39.4 Å². The quantitative estimate of drug-likeness (QED) is 0.815. The lowest BCUT2D eigenvalue weighted by Crippen LogP contribution is -2.52. The number of carbonyl (C=O) groups is 1. The van der Waals surface area contributed by atoms with Crippen molar-refractivity contribution < 1.29 is 14.3 Å². The molecule has 0 radical (unpaired) electrons. The van der Waals surface area contributed by atoms with Gasteiger partial charge in [0, 0.05) is 31.5 Å². The summed E-state index contributed by atoms with van der Waals surface area (Å²) in [5.41, 5.74) is 2.74. The van der Waals surface area contributed by atoms with Crippen LogP contribution in [0, 0.1) is 6.92 Å². The number of hydrogen-bond donors (Lipinski definition) is 0. The molecule has 1 atom stereocenters. The SMILES string of the molecule is Cc1cccc(CC2(C)CCCN2CC(=O)N2CCC3(CC2)OCCO3)c1. The van der Waals surface area contributed by atoms with Crippen LogP contribution in [0.4, 0.5) is 0 Å². The Morgan fingerprint density at radius 3 is 2.56 bits per heavy atom. The standard InChI is InChI=1S/C22H32N2O3/c1-18-5-3-6-19(15-18)16-21(2)7-4-10-24(21)17-20(25)23-11-8-22(9-12-23)26-13-14-27-22/h3,5-6,15H,4,7-14,16-17H2,1-2H3. The third-order valence-corrected chi connectivity index (χ3v) is 6.59. The van der Waals surface area contributed by atoms with Crippen LogP contribution in [0.2, 0.25) is 0 Å². The van der Waals surface area contributed by atoms with Crippen LogP contribution in [0.1, 0.15) is 43.7 Å². The van der Waals surface area contributed by atoms with Crippen molar-refractivity contribution in [3.8, 4) is 0 Å². The minimum Gasteiger partial charge on any atom is -0.347 e. The van der Waals surface area contributed by atoms with Gasteiger partial charge in [0.25, 0.3) is 0 Å². The van der Waals surface area contributed by atoms with Crippen molar-refractivity contribution in [2.45, 2.75) is 57.3 Å². The van der Waals surface area contributed by atoms with Gasteiger partial charge >= 0.3 is 0 Å². The summed E-state index contributed by atoms with van der Waals surface area (Å²) in [5.74, 6) is -0.162. The molecule has 0 saturated carbocycles. The van der Waals surface area contributed by atoms with E-state index in [4.69, 9.17) is 9.47 Å². The summed E-state index contributed by atoms with van der Waals surface area (Å²) >= 11 is 0. The van der Waals surface area contributed by atoms with E-state index in [9.17, 15) is 4.79 Å². The third kappa shape index (κ3) is 4.05. The summed E-state index contributed by atoms with van der Waals surface area (Å²) in [6, 6.07) is 8.76. The van der Waals surface area contributed by atoms with Gasteiger partial charge in [-0.15, -0.1) is 0 Å². The fourth-order valence-corrected chi connectivity index (χ4v) is 4.96. The number of piperidine rings is 1. The molecule has 148 valence electrons. The van der Waals surface area contributed by atoms with E-state index in [0.717, 1.165) is 45.3 Å². The van der Waals surface area contributed by atoms with Gasteiger partial charge in [-0.05, 0) is 45.2 Å². The molecule has 0 aromatic heterocycles. The molecule has 3 heterocycles. The van der Waals surface area contributed by atoms with Crippen LogP contribution in [0.5, 0.6) is 0 Å². The molecule has 3 aliphatic heterocycles. The number of likely N-dealkylation sites (tertiary alicyclic amines) is 2. The highest BCUT2D eigenvalue weighted by atomic mass is 16.7. The second kappa shape index (κ2) is 7.53. The molecule has 4 rings (SSSR count). The van der Waals surface area contributed by atoms with E-state index in [1.54, 1.807) is 0 Å². The molecule has 5 nitrogen and oxygen atoms in total. The lowest BCUT2D eigenvalue weighted by molar-refractivity contribution is -0.187. The molecule has 0 aliphatic carbocycles. The largest absolute Gasteiger partial charge is 0.347 e. The van der Waals surface area contributed by atoms with Crippen LogP contribution in [-0.2, 0) is 20.7 Å². The fourth-order valence-electron chi connectivity index (χ4n) is 4.96. The molecule has 0 N–H and O–H groups in total. The second-order valence-corrected chi connectivity index (χ2v) is 8.68. The number of benzene rings is 1. The first-order chi connectivity index (χ1) is 13.0. The van der Waals surface area contributed by atoms with Crippen molar-refractivity contribution in [3.05, 3.63) is 35.4 Å². The highest BCUT2D eigenvalue weighted by Crippen LogP contribution is 2.34. The maximum atomic E-state index is 13.0. The highest BCUT2D eigenvalue weighted by Gasteiger charge is 2.42. The van der Waals surface area contributed by atoms with Crippen LogP contribution in [-0.4, -0.2) is 66.4 Å². The van der Waals surface area contributed by atoms with E-state index in [-0.39, 0.29) is 11.4 Å². The predicted molar refractivity (Wildman–Crippen MR) is 105 cm³/mol. The molecule has 27 heavy (non-hydrogen) atoms. The number of hydrogen-bond acceptors (Lipinski definition) is 4. The zero-order chi connectivity index (χ0) is 18.9. The van der Waals surface area contributed by atoms with Gasteiger partial charge < -0.3 is 14.4 Å². The summed E-state index contributed by atoms with van der Waals surface area (Å²) in [6.45, 7) is 8.83. The van der Waals surface area contributed by atoms with Gasteiger partial charge in [-0.25, -0.2) is 0 Å². The number of rotatable bonds is 4. The molecule has 1 aromatic carbocycles. The number of aryl methyl sites for hydroxylation is 1. The Bertz CT molecular complexity index is 676. The lowest BCUT2D eigenvalue weighted by Gasteiger charge is -2.40. The summed E-state index contributed by atoms with van der Waals surface area (Å²) in [5, 5.41) is 0. The number of ether oxygens (including phenoxy) is 2. The second-order valence-electron chi connectivity index (χ2n) is 8.68. The van der Waals surface area contributed by atoms with Gasteiger partial charge in [0.15, 0.2) is 5.79 Å². The van der Waals surface area contributed by atoms with Crippen LogP contribution >= 0.6 is 0 Å². The average molecular weight is 373 g/mol. The number of amides is 1. The Hall–Kier alpha value is -1.43.